The Morgan fingerprint density at radius 3 is 2.16 bits per heavy atom. The number of rotatable bonds is 9. The Balaban J connectivity index is 1.06. The van der Waals surface area contributed by atoms with Crippen molar-refractivity contribution in [2.45, 2.75) is 89.0 Å². The van der Waals surface area contributed by atoms with Gasteiger partial charge >= 0.3 is 0 Å². The molecule has 11 nitrogen and oxygen atoms in total. The molecule has 2 atom stereocenters. The van der Waals surface area contributed by atoms with E-state index in [1.165, 1.54) is 17.8 Å². The lowest BCUT2D eigenvalue weighted by atomic mass is 9.74. The fourth-order valence-corrected chi connectivity index (χ4v) is 7.29. The minimum Gasteiger partial charge on any atom is -0.361 e. The van der Waals surface area contributed by atoms with E-state index in [1.54, 1.807) is 17.4 Å². The molecule has 2 aliphatic carbocycles. The molecule has 0 aliphatic heterocycles. The van der Waals surface area contributed by atoms with Gasteiger partial charge in [-0.15, -0.1) is 20.4 Å². The topological polar surface area (TPSA) is 145 Å². The number of nitrogens with zero attached hydrogens (tertiary/aromatic N) is 6. The van der Waals surface area contributed by atoms with Crippen LogP contribution in [-0.2, 0) is 17.6 Å². The highest BCUT2D eigenvalue weighted by Crippen LogP contribution is 2.45. The van der Waals surface area contributed by atoms with Crippen LogP contribution < -0.4 is 10.6 Å². The van der Waals surface area contributed by atoms with Crippen LogP contribution in [0.2, 0.25) is 0 Å². The second kappa shape index (κ2) is 10.5. The zero-order chi connectivity index (χ0) is 26.1. The quantitative estimate of drug-likeness (QED) is 0.284. The van der Waals surface area contributed by atoms with E-state index in [2.05, 4.69) is 41.3 Å². The van der Waals surface area contributed by atoms with Crippen molar-refractivity contribution in [1.29, 1.82) is 0 Å². The number of anilines is 2. The summed E-state index contributed by atoms with van der Waals surface area (Å²) in [6, 6.07) is 3.77. The molecule has 2 N–H and O–H groups in total. The maximum absolute atomic E-state index is 12.4. The predicted octanol–water partition coefficient (Wildman–Crippen LogP) is 5.18. The average molecular weight is 555 g/mol. The third-order valence-corrected chi connectivity index (χ3v) is 9.39. The molecule has 200 valence electrons. The Morgan fingerprint density at radius 1 is 0.921 bits per heavy atom. The van der Waals surface area contributed by atoms with Gasteiger partial charge in [0.2, 0.25) is 16.2 Å². The smallest absolute Gasteiger partial charge is 0.233 e. The molecule has 13 heteroatoms. The van der Waals surface area contributed by atoms with Gasteiger partial charge in [0.25, 0.3) is 0 Å². The van der Waals surface area contributed by atoms with Gasteiger partial charge in [0, 0.05) is 35.9 Å². The van der Waals surface area contributed by atoms with Crippen LogP contribution in [-0.4, -0.2) is 42.2 Å². The highest BCUT2D eigenvalue weighted by Gasteiger charge is 2.39. The van der Waals surface area contributed by atoms with Crippen LogP contribution in [0, 0.1) is 13.8 Å². The molecule has 4 aromatic rings. The lowest BCUT2D eigenvalue weighted by Crippen LogP contribution is -2.46. The fourth-order valence-electron chi connectivity index (χ4n) is 5.37. The highest BCUT2D eigenvalue weighted by atomic mass is 32.1. The number of nitrogens with one attached hydrogen (secondary N) is 2. The van der Waals surface area contributed by atoms with Crippen LogP contribution in [0.5, 0.6) is 0 Å². The maximum Gasteiger partial charge on any atom is 0.233 e. The standard InChI is InChI=1S/C25H30N8O3S2/c1-14-9-18(35-32-14)12-20(34)26-23-30-28-21(37-23)16-5-3-6-17(11-16)22-29-31-24(38-22)27-25(7-4-8-25)13-19-10-15(2)33-36-19/h9-10,16-17H,3-8,11-13H2,1-2H3,(H,27,31)(H,26,30,34)/t16?,17-/m0/s1. The SMILES string of the molecule is Cc1cc(CC(=O)Nc2nnc(C3CCC[C@H](c4nnc(NC5(Cc6cc(C)no6)CCC5)s4)C3)s2)on1. The van der Waals surface area contributed by atoms with Gasteiger partial charge < -0.3 is 19.7 Å². The Kier molecular flexibility index (Phi) is 6.95. The molecule has 0 saturated heterocycles. The third kappa shape index (κ3) is 5.63. The van der Waals surface area contributed by atoms with Crippen molar-refractivity contribution in [2.24, 2.45) is 0 Å². The first-order chi connectivity index (χ1) is 18.4. The number of carbonyl (C=O) groups is 1. The minimum atomic E-state index is -0.193. The molecule has 0 radical (unpaired) electrons. The Morgan fingerprint density at radius 2 is 1.55 bits per heavy atom. The maximum atomic E-state index is 12.4. The Labute approximate surface area is 227 Å². The van der Waals surface area contributed by atoms with Crippen molar-refractivity contribution >= 4 is 38.8 Å². The van der Waals surface area contributed by atoms with Crippen molar-refractivity contribution in [3.63, 3.8) is 0 Å². The second-order valence-electron chi connectivity index (χ2n) is 10.5. The first-order valence-corrected chi connectivity index (χ1v) is 14.7. The first kappa shape index (κ1) is 25.1. The summed E-state index contributed by atoms with van der Waals surface area (Å²) in [5.74, 6) is 1.88. The summed E-state index contributed by atoms with van der Waals surface area (Å²) in [7, 11) is 0. The van der Waals surface area contributed by atoms with E-state index in [0.29, 0.717) is 22.7 Å². The van der Waals surface area contributed by atoms with Crippen molar-refractivity contribution in [3.05, 3.63) is 45.1 Å². The number of hydrogen-bond acceptors (Lipinski definition) is 12. The van der Waals surface area contributed by atoms with E-state index >= 15 is 0 Å². The molecule has 38 heavy (non-hydrogen) atoms. The van der Waals surface area contributed by atoms with Crippen molar-refractivity contribution < 1.29 is 13.8 Å². The average Bonchev–Trinajstić information content (AvgIpc) is 3.68. The van der Waals surface area contributed by atoms with Crippen LogP contribution >= 0.6 is 22.7 Å². The lowest BCUT2D eigenvalue weighted by Gasteiger charge is -2.41. The number of carbonyl (C=O) groups excluding carboxylic acids is 1. The monoisotopic (exact) mass is 554 g/mol. The molecule has 0 bridgehead atoms. The van der Waals surface area contributed by atoms with Gasteiger partial charge in [-0.25, -0.2) is 0 Å². The highest BCUT2D eigenvalue weighted by molar-refractivity contribution is 7.15. The van der Waals surface area contributed by atoms with Crippen molar-refractivity contribution in [2.75, 3.05) is 10.6 Å². The number of aromatic nitrogens is 6. The van der Waals surface area contributed by atoms with E-state index < -0.39 is 0 Å². The Hall–Kier alpha value is -3.19. The molecule has 2 aliphatic rings. The van der Waals surface area contributed by atoms with E-state index in [9.17, 15) is 4.79 Å². The van der Waals surface area contributed by atoms with Gasteiger partial charge in [-0.2, -0.15) is 0 Å². The van der Waals surface area contributed by atoms with E-state index in [-0.39, 0.29) is 17.9 Å². The summed E-state index contributed by atoms with van der Waals surface area (Å²) in [6.45, 7) is 3.77. The summed E-state index contributed by atoms with van der Waals surface area (Å²) in [5, 5.41) is 35.5. The molecule has 4 aromatic heterocycles. The summed E-state index contributed by atoms with van der Waals surface area (Å²) in [4.78, 5) is 12.4. The number of aryl methyl sites for hydroxylation is 2. The molecule has 0 spiro atoms. The number of hydrogen-bond donors (Lipinski definition) is 2. The fraction of sp³-hybridized carbons (Fsp3) is 0.560. The van der Waals surface area contributed by atoms with Crippen LogP contribution in [0.25, 0.3) is 0 Å². The van der Waals surface area contributed by atoms with Gasteiger partial charge in [-0.1, -0.05) is 39.4 Å². The predicted molar refractivity (Wildman–Crippen MR) is 142 cm³/mol. The molecular formula is C25H30N8O3S2. The summed E-state index contributed by atoms with van der Waals surface area (Å²) < 4.78 is 10.6. The van der Waals surface area contributed by atoms with Gasteiger partial charge in [0.15, 0.2) is 0 Å². The molecular weight excluding hydrogens is 524 g/mol. The lowest BCUT2D eigenvalue weighted by molar-refractivity contribution is -0.115. The molecule has 2 saturated carbocycles. The first-order valence-electron chi connectivity index (χ1n) is 13.0. The summed E-state index contributed by atoms with van der Waals surface area (Å²) in [6.07, 6.45) is 8.49. The zero-order valence-corrected chi connectivity index (χ0v) is 23.0. The number of amides is 1. The Bertz CT molecular complexity index is 1400. The normalized spacial score (nSPS) is 20.7. The van der Waals surface area contributed by atoms with Crippen molar-refractivity contribution in [1.82, 2.24) is 30.7 Å². The van der Waals surface area contributed by atoms with E-state index in [0.717, 1.165) is 77.2 Å². The minimum absolute atomic E-state index is 0.0302. The van der Waals surface area contributed by atoms with Crippen LogP contribution in [0.15, 0.2) is 21.2 Å². The second-order valence-corrected chi connectivity index (χ2v) is 12.5. The van der Waals surface area contributed by atoms with Crippen molar-refractivity contribution in [3.8, 4) is 0 Å². The summed E-state index contributed by atoms with van der Waals surface area (Å²) >= 11 is 3.11. The van der Waals surface area contributed by atoms with Gasteiger partial charge in [0.1, 0.15) is 21.5 Å². The summed E-state index contributed by atoms with van der Waals surface area (Å²) in [5.41, 5.74) is 1.63. The molecule has 1 amide bonds. The van der Waals surface area contributed by atoms with E-state index in [4.69, 9.17) is 9.05 Å². The molecule has 0 aromatic carbocycles. The van der Waals surface area contributed by atoms with Gasteiger partial charge in [-0.3, -0.25) is 4.79 Å². The molecule has 1 unspecified atom stereocenters. The zero-order valence-electron chi connectivity index (χ0n) is 21.4. The third-order valence-electron chi connectivity index (χ3n) is 7.38. The van der Waals surface area contributed by atoms with Crippen LogP contribution in [0.1, 0.15) is 89.7 Å². The molecule has 2 fully saturated rings. The van der Waals surface area contributed by atoms with Gasteiger partial charge in [-0.05, 0) is 52.4 Å². The van der Waals surface area contributed by atoms with Crippen LogP contribution in [0.4, 0.5) is 10.3 Å². The van der Waals surface area contributed by atoms with E-state index in [1.807, 2.05) is 19.9 Å². The van der Waals surface area contributed by atoms with Gasteiger partial charge in [0.05, 0.1) is 17.8 Å². The van der Waals surface area contributed by atoms with Crippen LogP contribution in [0.3, 0.4) is 0 Å². The molecule has 6 rings (SSSR count). The molecule has 4 heterocycles. The largest absolute Gasteiger partial charge is 0.361 e.